The van der Waals surface area contributed by atoms with Crippen LogP contribution in [-0.2, 0) is 13.5 Å². The summed E-state index contributed by atoms with van der Waals surface area (Å²) in [5.74, 6) is 0. The quantitative estimate of drug-likeness (QED) is 0.829. The molecule has 0 bridgehead atoms. The summed E-state index contributed by atoms with van der Waals surface area (Å²) in [7, 11) is 3.66. The van der Waals surface area contributed by atoms with E-state index >= 15 is 0 Å². The van der Waals surface area contributed by atoms with Gasteiger partial charge in [-0.2, -0.15) is 0 Å². The van der Waals surface area contributed by atoms with Crippen molar-refractivity contribution in [3.63, 3.8) is 0 Å². The number of urea groups is 1. The van der Waals surface area contributed by atoms with E-state index in [4.69, 9.17) is 0 Å². The van der Waals surface area contributed by atoms with Crippen LogP contribution in [0.5, 0.6) is 0 Å². The van der Waals surface area contributed by atoms with Crippen molar-refractivity contribution in [3.8, 4) is 0 Å². The lowest BCUT2D eigenvalue weighted by molar-refractivity contribution is 0.243. The molecule has 2 rings (SSSR count). The molecule has 0 atom stereocenters. The molecule has 1 aromatic carbocycles. The number of carbonyl (C=O) groups excluding carboxylic acids is 1. The van der Waals surface area contributed by atoms with E-state index in [1.807, 2.05) is 19.2 Å². The van der Waals surface area contributed by atoms with Crippen LogP contribution in [0.4, 0.5) is 4.79 Å². The smallest absolute Gasteiger partial charge is 0.314 e. The Morgan fingerprint density at radius 3 is 2.88 bits per heavy atom. The van der Waals surface area contributed by atoms with Gasteiger partial charge in [0.25, 0.3) is 0 Å². The van der Waals surface area contributed by atoms with Crippen LogP contribution >= 0.6 is 0 Å². The molecule has 0 aliphatic rings. The molecule has 17 heavy (non-hydrogen) atoms. The van der Waals surface area contributed by atoms with Crippen molar-refractivity contribution in [3.05, 3.63) is 36.0 Å². The highest BCUT2D eigenvalue weighted by Crippen LogP contribution is 2.20. The van der Waals surface area contributed by atoms with E-state index in [2.05, 4.69) is 33.5 Å². The number of hydrogen-bond acceptors (Lipinski definition) is 1. The Labute approximate surface area is 101 Å². The number of hydrogen-bond donors (Lipinski definition) is 2. The van der Waals surface area contributed by atoms with Gasteiger partial charge in [0.2, 0.25) is 0 Å². The van der Waals surface area contributed by atoms with Crippen LogP contribution in [0.15, 0.2) is 30.5 Å². The summed E-state index contributed by atoms with van der Waals surface area (Å²) < 4.78 is 2.12. The van der Waals surface area contributed by atoms with Gasteiger partial charge in [-0.1, -0.05) is 18.2 Å². The fourth-order valence-electron chi connectivity index (χ4n) is 2.02. The summed E-state index contributed by atoms with van der Waals surface area (Å²) >= 11 is 0. The summed E-state index contributed by atoms with van der Waals surface area (Å²) in [6.07, 6.45) is 2.96. The van der Waals surface area contributed by atoms with Gasteiger partial charge in [-0.3, -0.25) is 0 Å². The first-order chi connectivity index (χ1) is 8.22. The minimum absolute atomic E-state index is 0.134. The molecule has 2 amide bonds. The number of benzene rings is 1. The zero-order chi connectivity index (χ0) is 12.3. The van der Waals surface area contributed by atoms with Crippen molar-refractivity contribution in [1.82, 2.24) is 15.2 Å². The van der Waals surface area contributed by atoms with Gasteiger partial charge in [-0.05, 0) is 18.1 Å². The first-order valence-electron chi connectivity index (χ1n) is 5.71. The van der Waals surface area contributed by atoms with Gasteiger partial charge in [0.05, 0.1) is 0 Å². The number of rotatable bonds is 3. The zero-order valence-corrected chi connectivity index (χ0v) is 10.2. The van der Waals surface area contributed by atoms with Crippen LogP contribution in [0, 0.1) is 0 Å². The van der Waals surface area contributed by atoms with Gasteiger partial charge >= 0.3 is 6.03 Å². The number of amides is 2. The van der Waals surface area contributed by atoms with Gasteiger partial charge in [0.15, 0.2) is 0 Å². The molecule has 0 aliphatic heterocycles. The average molecular weight is 231 g/mol. The predicted octanol–water partition coefficient (Wildman–Crippen LogP) is 1.65. The highest BCUT2D eigenvalue weighted by atomic mass is 16.2. The van der Waals surface area contributed by atoms with E-state index in [1.54, 1.807) is 7.05 Å². The van der Waals surface area contributed by atoms with Gasteiger partial charge in [0, 0.05) is 37.7 Å². The van der Waals surface area contributed by atoms with Crippen molar-refractivity contribution in [1.29, 1.82) is 0 Å². The molecular weight excluding hydrogens is 214 g/mol. The van der Waals surface area contributed by atoms with Crippen LogP contribution in [0.3, 0.4) is 0 Å². The number of para-hydroxylation sites is 1. The monoisotopic (exact) mass is 231 g/mol. The third-order valence-electron chi connectivity index (χ3n) is 2.89. The Balaban J connectivity index is 2.11. The largest absolute Gasteiger partial charge is 0.350 e. The minimum atomic E-state index is -0.134. The molecule has 0 saturated carbocycles. The Morgan fingerprint density at radius 2 is 2.12 bits per heavy atom. The molecule has 0 aliphatic carbocycles. The normalized spacial score (nSPS) is 10.5. The van der Waals surface area contributed by atoms with Gasteiger partial charge < -0.3 is 15.2 Å². The van der Waals surface area contributed by atoms with Crippen LogP contribution in [0.2, 0.25) is 0 Å². The lowest BCUT2D eigenvalue weighted by Crippen LogP contribution is -2.33. The molecule has 4 nitrogen and oxygen atoms in total. The van der Waals surface area contributed by atoms with Crippen molar-refractivity contribution in [2.75, 3.05) is 13.6 Å². The third-order valence-corrected chi connectivity index (χ3v) is 2.89. The second-order valence-electron chi connectivity index (χ2n) is 4.04. The summed E-state index contributed by atoms with van der Waals surface area (Å²) in [5, 5.41) is 6.59. The van der Waals surface area contributed by atoms with Gasteiger partial charge in [-0.25, -0.2) is 4.79 Å². The summed E-state index contributed by atoms with van der Waals surface area (Å²) in [4.78, 5) is 11.0. The fraction of sp³-hybridized carbons (Fsp3) is 0.308. The standard InChI is InChI=1S/C13H17N3O/c1-14-13(17)15-8-7-10-9-16(2)12-6-4-3-5-11(10)12/h3-6,9H,7-8H2,1-2H3,(H2,14,15,17). The lowest BCUT2D eigenvalue weighted by atomic mass is 10.1. The Bertz CT molecular complexity index is 530. The van der Waals surface area contributed by atoms with Crippen molar-refractivity contribution < 1.29 is 4.79 Å². The maximum atomic E-state index is 11.0. The second kappa shape index (κ2) is 4.91. The maximum absolute atomic E-state index is 11.0. The summed E-state index contributed by atoms with van der Waals surface area (Å²) in [5.41, 5.74) is 2.49. The molecule has 1 aromatic heterocycles. The van der Waals surface area contributed by atoms with Crippen LogP contribution in [-0.4, -0.2) is 24.2 Å². The van der Waals surface area contributed by atoms with Crippen molar-refractivity contribution in [2.45, 2.75) is 6.42 Å². The Morgan fingerprint density at radius 1 is 1.35 bits per heavy atom. The van der Waals surface area contributed by atoms with Crippen LogP contribution in [0.25, 0.3) is 10.9 Å². The lowest BCUT2D eigenvalue weighted by Gasteiger charge is -2.03. The molecule has 0 radical (unpaired) electrons. The topological polar surface area (TPSA) is 46.1 Å². The predicted molar refractivity (Wildman–Crippen MR) is 69.1 cm³/mol. The molecule has 2 N–H and O–H groups in total. The molecule has 4 heteroatoms. The van der Waals surface area contributed by atoms with Crippen molar-refractivity contribution in [2.24, 2.45) is 7.05 Å². The van der Waals surface area contributed by atoms with E-state index in [0.717, 1.165) is 6.42 Å². The average Bonchev–Trinajstić information content (AvgIpc) is 2.67. The third kappa shape index (κ3) is 2.41. The van der Waals surface area contributed by atoms with E-state index in [0.29, 0.717) is 6.54 Å². The van der Waals surface area contributed by atoms with Gasteiger partial charge in [0.1, 0.15) is 0 Å². The van der Waals surface area contributed by atoms with Crippen molar-refractivity contribution >= 4 is 16.9 Å². The van der Waals surface area contributed by atoms with E-state index in [9.17, 15) is 4.79 Å². The number of aromatic nitrogens is 1. The van der Waals surface area contributed by atoms with Gasteiger partial charge in [-0.15, -0.1) is 0 Å². The molecule has 0 saturated heterocycles. The highest BCUT2D eigenvalue weighted by molar-refractivity contribution is 5.84. The SMILES string of the molecule is CNC(=O)NCCc1cn(C)c2ccccc12. The number of carbonyl (C=O) groups is 1. The second-order valence-corrected chi connectivity index (χ2v) is 4.04. The van der Waals surface area contributed by atoms with Crippen LogP contribution < -0.4 is 10.6 Å². The molecule has 0 fully saturated rings. The first-order valence-corrected chi connectivity index (χ1v) is 5.71. The number of aryl methyl sites for hydroxylation is 1. The first kappa shape index (κ1) is 11.5. The van der Waals surface area contributed by atoms with E-state index in [1.165, 1.54) is 16.5 Å². The molecule has 2 aromatic rings. The molecule has 1 heterocycles. The maximum Gasteiger partial charge on any atom is 0.314 e. The summed E-state index contributed by atoms with van der Waals surface area (Å²) in [6.45, 7) is 0.647. The van der Waals surface area contributed by atoms with E-state index < -0.39 is 0 Å². The zero-order valence-electron chi connectivity index (χ0n) is 10.2. The molecule has 0 unspecified atom stereocenters. The highest BCUT2D eigenvalue weighted by Gasteiger charge is 2.05. The number of fused-ring (bicyclic) bond motifs is 1. The van der Waals surface area contributed by atoms with Crippen LogP contribution in [0.1, 0.15) is 5.56 Å². The Hall–Kier alpha value is -1.97. The number of nitrogens with zero attached hydrogens (tertiary/aromatic N) is 1. The molecular formula is C13H17N3O. The minimum Gasteiger partial charge on any atom is -0.350 e. The summed E-state index contributed by atoms with van der Waals surface area (Å²) in [6, 6.07) is 8.16. The molecule has 90 valence electrons. The fourth-order valence-corrected chi connectivity index (χ4v) is 2.02. The number of nitrogens with one attached hydrogen (secondary N) is 2. The molecule has 0 spiro atoms. The van der Waals surface area contributed by atoms with E-state index in [-0.39, 0.29) is 6.03 Å². The Kier molecular flexibility index (Phi) is 3.32.